The molecule has 0 spiro atoms. The highest BCUT2D eigenvalue weighted by Gasteiger charge is 2.06. The number of aliphatic hydroxyl groups is 1. The van der Waals surface area contributed by atoms with Crippen molar-refractivity contribution in [3.05, 3.63) is 29.8 Å². The van der Waals surface area contributed by atoms with E-state index in [0.29, 0.717) is 0 Å². The van der Waals surface area contributed by atoms with Gasteiger partial charge in [0.25, 0.3) is 0 Å². The van der Waals surface area contributed by atoms with Crippen molar-refractivity contribution in [2.45, 2.75) is 32.7 Å². The molecule has 0 unspecified atom stereocenters. The van der Waals surface area contributed by atoms with E-state index in [4.69, 9.17) is 10.8 Å². The van der Waals surface area contributed by atoms with Crippen molar-refractivity contribution < 1.29 is 5.11 Å². The van der Waals surface area contributed by atoms with Crippen molar-refractivity contribution in [3.63, 3.8) is 0 Å². The minimum Gasteiger partial charge on any atom is -0.396 e. The summed E-state index contributed by atoms with van der Waals surface area (Å²) in [6, 6.07) is 8.57. The number of nitrogens with two attached hydrogens (primary N) is 1. The Morgan fingerprint density at radius 2 is 1.88 bits per heavy atom. The van der Waals surface area contributed by atoms with E-state index >= 15 is 0 Å². The van der Waals surface area contributed by atoms with E-state index in [2.05, 4.69) is 43.0 Å². The fourth-order valence-corrected chi connectivity index (χ4v) is 1.90. The highest BCUT2D eigenvalue weighted by Crippen LogP contribution is 2.19. The SMILES string of the molecule is CC[C@@H](N)c1ccc(N(CC)CCCO)cc1. The lowest BCUT2D eigenvalue weighted by molar-refractivity contribution is 0.289. The Hall–Kier alpha value is -1.06. The summed E-state index contributed by atoms with van der Waals surface area (Å²) in [5.41, 5.74) is 8.38. The molecule has 0 aromatic heterocycles. The van der Waals surface area contributed by atoms with E-state index in [1.54, 1.807) is 0 Å². The second-order valence-electron chi connectivity index (χ2n) is 4.26. The standard InChI is InChI=1S/C14H24N2O/c1-3-14(15)12-6-8-13(9-7-12)16(4-2)10-5-11-17/h6-9,14,17H,3-5,10-11,15H2,1-2H3/t14-/m1/s1. The van der Waals surface area contributed by atoms with Gasteiger partial charge < -0.3 is 15.7 Å². The lowest BCUT2D eigenvalue weighted by atomic mass is 10.1. The number of anilines is 1. The molecule has 0 aliphatic rings. The predicted molar refractivity (Wildman–Crippen MR) is 73.3 cm³/mol. The van der Waals surface area contributed by atoms with Crippen LogP contribution in [0.25, 0.3) is 0 Å². The maximum absolute atomic E-state index is 8.86. The molecule has 1 aromatic carbocycles. The predicted octanol–water partition coefficient (Wildman–Crippen LogP) is 2.31. The Morgan fingerprint density at radius 3 is 2.35 bits per heavy atom. The van der Waals surface area contributed by atoms with E-state index in [1.165, 1.54) is 11.3 Å². The lowest BCUT2D eigenvalue weighted by Crippen LogP contribution is -2.24. The first-order chi connectivity index (χ1) is 8.22. The van der Waals surface area contributed by atoms with Crippen LogP contribution in [0.15, 0.2) is 24.3 Å². The number of rotatable bonds is 7. The number of hydrogen-bond donors (Lipinski definition) is 2. The van der Waals surface area contributed by atoms with E-state index < -0.39 is 0 Å². The molecule has 17 heavy (non-hydrogen) atoms. The summed E-state index contributed by atoms with van der Waals surface area (Å²) in [6.45, 7) is 6.32. The molecule has 0 bridgehead atoms. The Morgan fingerprint density at radius 1 is 1.24 bits per heavy atom. The molecule has 0 amide bonds. The maximum atomic E-state index is 8.86. The fourth-order valence-electron chi connectivity index (χ4n) is 1.90. The maximum Gasteiger partial charge on any atom is 0.0447 e. The van der Waals surface area contributed by atoms with Crippen LogP contribution in [0.4, 0.5) is 5.69 Å². The van der Waals surface area contributed by atoms with Gasteiger partial charge in [-0.05, 0) is 37.5 Å². The van der Waals surface area contributed by atoms with Gasteiger partial charge in [0.05, 0.1) is 0 Å². The molecular weight excluding hydrogens is 212 g/mol. The molecule has 3 N–H and O–H groups in total. The van der Waals surface area contributed by atoms with Crippen LogP contribution in [0, 0.1) is 0 Å². The van der Waals surface area contributed by atoms with Gasteiger partial charge in [-0.1, -0.05) is 19.1 Å². The number of benzene rings is 1. The molecule has 0 aliphatic heterocycles. The molecule has 0 aliphatic carbocycles. The average Bonchev–Trinajstić information content (AvgIpc) is 2.39. The fraction of sp³-hybridized carbons (Fsp3) is 0.571. The van der Waals surface area contributed by atoms with Crippen LogP contribution in [0.5, 0.6) is 0 Å². The highest BCUT2D eigenvalue weighted by molar-refractivity contribution is 5.47. The molecule has 0 saturated carbocycles. The van der Waals surface area contributed by atoms with E-state index in [1.807, 2.05) is 0 Å². The molecule has 96 valence electrons. The van der Waals surface area contributed by atoms with Crippen LogP contribution in [-0.4, -0.2) is 24.8 Å². The summed E-state index contributed by atoms with van der Waals surface area (Å²) >= 11 is 0. The van der Waals surface area contributed by atoms with Crippen molar-refractivity contribution in [2.75, 3.05) is 24.6 Å². The van der Waals surface area contributed by atoms with E-state index in [9.17, 15) is 0 Å². The number of aliphatic hydroxyl groups excluding tert-OH is 1. The van der Waals surface area contributed by atoms with Crippen LogP contribution in [-0.2, 0) is 0 Å². The van der Waals surface area contributed by atoms with Crippen molar-refractivity contribution in [1.82, 2.24) is 0 Å². The minimum absolute atomic E-state index is 0.136. The molecule has 0 saturated heterocycles. The smallest absolute Gasteiger partial charge is 0.0447 e. The third-order valence-electron chi connectivity index (χ3n) is 3.09. The molecule has 0 fully saturated rings. The van der Waals surface area contributed by atoms with Crippen LogP contribution >= 0.6 is 0 Å². The molecule has 1 rings (SSSR count). The lowest BCUT2D eigenvalue weighted by Gasteiger charge is -2.23. The molecular formula is C14H24N2O. The van der Waals surface area contributed by atoms with Gasteiger partial charge in [0.15, 0.2) is 0 Å². The zero-order valence-corrected chi connectivity index (χ0v) is 10.9. The molecule has 0 heterocycles. The Kier molecular flexibility index (Phi) is 6.01. The second-order valence-corrected chi connectivity index (χ2v) is 4.26. The molecule has 0 radical (unpaired) electrons. The van der Waals surface area contributed by atoms with Gasteiger partial charge in [-0.3, -0.25) is 0 Å². The van der Waals surface area contributed by atoms with Crippen molar-refractivity contribution >= 4 is 5.69 Å². The number of hydrogen-bond acceptors (Lipinski definition) is 3. The van der Waals surface area contributed by atoms with Crippen LogP contribution in [0.3, 0.4) is 0 Å². The second kappa shape index (κ2) is 7.30. The summed E-state index contributed by atoms with van der Waals surface area (Å²) in [7, 11) is 0. The summed E-state index contributed by atoms with van der Waals surface area (Å²) in [5.74, 6) is 0. The van der Waals surface area contributed by atoms with Crippen molar-refractivity contribution in [3.8, 4) is 0 Å². The van der Waals surface area contributed by atoms with Gasteiger partial charge in [0, 0.05) is 31.4 Å². The third-order valence-corrected chi connectivity index (χ3v) is 3.09. The van der Waals surface area contributed by atoms with E-state index in [-0.39, 0.29) is 12.6 Å². The Labute approximate surface area is 104 Å². The first-order valence-corrected chi connectivity index (χ1v) is 6.44. The van der Waals surface area contributed by atoms with Gasteiger partial charge >= 0.3 is 0 Å². The van der Waals surface area contributed by atoms with Gasteiger partial charge in [0.2, 0.25) is 0 Å². The number of nitrogens with zero attached hydrogens (tertiary/aromatic N) is 1. The Balaban J connectivity index is 2.70. The Bertz CT molecular complexity index is 311. The average molecular weight is 236 g/mol. The molecule has 1 atom stereocenters. The van der Waals surface area contributed by atoms with E-state index in [0.717, 1.165) is 25.9 Å². The summed E-state index contributed by atoms with van der Waals surface area (Å²) in [6.07, 6.45) is 1.77. The summed E-state index contributed by atoms with van der Waals surface area (Å²) in [5, 5.41) is 8.86. The normalized spacial score (nSPS) is 12.5. The van der Waals surface area contributed by atoms with Gasteiger partial charge in [-0.25, -0.2) is 0 Å². The minimum atomic E-state index is 0.136. The van der Waals surface area contributed by atoms with Crippen LogP contribution in [0.2, 0.25) is 0 Å². The summed E-state index contributed by atoms with van der Waals surface area (Å²) < 4.78 is 0. The molecule has 3 heteroatoms. The third kappa shape index (κ3) is 4.02. The zero-order chi connectivity index (χ0) is 12.7. The largest absolute Gasteiger partial charge is 0.396 e. The van der Waals surface area contributed by atoms with Gasteiger partial charge in [0.1, 0.15) is 0 Å². The zero-order valence-electron chi connectivity index (χ0n) is 10.9. The van der Waals surface area contributed by atoms with Crippen molar-refractivity contribution in [1.29, 1.82) is 0 Å². The topological polar surface area (TPSA) is 49.5 Å². The molecule has 1 aromatic rings. The first-order valence-electron chi connectivity index (χ1n) is 6.44. The van der Waals surface area contributed by atoms with Gasteiger partial charge in [-0.15, -0.1) is 0 Å². The van der Waals surface area contributed by atoms with Crippen molar-refractivity contribution in [2.24, 2.45) is 5.73 Å². The summed E-state index contributed by atoms with van der Waals surface area (Å²) in [4.78, 5) is 2.26. The quantitative estimate of drug-likeness (QED) is 0.763. The first kappa shape index (κ1) is 14.0. The van der Waals surface area contributed by atoms with Crippen LogP contribution in [0.1, 0.15) is 38.3 Å². The molecule has 3 nitrogen and oxygen atoms in total. The van der Waals surface area contributed by atoms with Gasteiger partial charge in [-0.2, -0.15) is 0 Å². The monoisotopic (exact) mass is 236 g/mol. The van der Waals surface area contributed by atoms with Crippen LogP contribution < -0.4 is 10.6 Å². The highest BCUT2D eigenvalue weighted by atomic mass is 16.3.